The predicted molar refractivity (Wildman–Crippen MR) is 86.2 cm³/mol. The molecule has 1 aromatic heterocycles. The molecule has 21 heavy (non-hydrogen) atoms. The maximum Gasteiger partial charge on any atom is 0.138 e. The molecule has 0 aliphatic heterocycles. The molecule has 0 amide bonds. The van der Waals surface area contributed by atoms with Gasteiger partial charge in [-0.15, -0.1) is 0 Å². The Balaban J connectivity index is 2.09. The summed E-state index contributed by atoms with van der Waals surface area (Å²) in [6.45, 7) is 0.309. The molecule has 0 fully saturated rings. The summed E-state index contributed by atoms with van der Waals surface area (Å²) in [6, 6.07) is 12.8. The van der Waals surface area contributed by atoms with E-state index in [1.807, 2.05) is 18.2 Å². The van der Waals surface area contributed by atoms with Crippen molar-refractivity contribution >= 4 is 34.1 Å². The monoisotopic (exact) mass is 318 g/mol. The van der Waals surface area contributed by atoms with Gasteiger partial charge in [0, 0.05) is 33.7 Å². The Labute approximate surface area is 132 Å². The van der Waals surface area contributed by atoms with Crippen molar-refractivity contribution in [2.75, 3.05) is 0 Å². The van der Waals surface area contributed by atoms with Gasteiger partial charge in [-0.3, -0.25) is 4.98 Å². The van der Waals surface area contributed by atoms with Crippen LogP contribution in [-0.4, -0.2) is 4.98 Å². The molecule has 2 aromatic carbocycles. The number of nitrogens with zero attached hydrogens (tertiary/aromatic N) is 1. The first-order chi connectivity index (χ1) is 10.2. The fraction of sp³-hybridized carbons (Fsp3) is 0.0625. The van der Waals surface area contributed by atoms with Gasteiger partial charge in [-0.25, -0.2) is 0 Å². The lowest BCUT2D eigenvalue weighted by Crippen LogP contribution is -2.00. The fourth-order valence-electron chi connectivity index (χ4n) is 2.14. The minimum atomic E-state index is 0.309. The smallest absolute Gasteiger partial charge is 0.138 e. The normalized spacial score (nSPS) is 10.8. The molecular weight excluding hydrogens is 307 g/mol. The fourth-order valence-corrected chi connectivity index (χ4v) is 2.54. The lowest BCUT2D eigenvalue weighted by atomic mass is 10.2. The molecular formula is C16H12Cl2N2O. The number of ether oxygens (including phenoxy) is 1. The number of hydrogen-bond donors (Lipinski definition) is 1. The van der Waals surface area contributed by atoms with E-state index in [0.717, 1.165) is 16.5 Å². The van der Waals surface area contributed by atoms with E-state index in [-0.39, 0.29) is 0 Å². The minimum Gasteiger partial charge on any atom is -0.456 e. The molecule has 3 nitrogen and oxygen atoms in total. The van der Waals surface area contributed by atoms with Gasteiger partial charge in [0.05, 0.1) is 5.52 Å². The lowest BCUT2D eigenvalue weighted by Gasteiger charge is -2.13. The molecule has 5 heteroatoms. The van der Waals surface area contributed by atoms with E-state index in [4.69, 9.17) is 33.7 Å². The molecule has 3 rings (SSSR count). The number of aromatic nitrogens is 1. The summed E-state index contributed by atoms with van der Waals surface area (Å²) in [6.07, 6.45) is 1.68. The van der Waals surface area contributed by atoms with Gasteiger partial charge >= 0.3 is 0 Å². The van der Waals surface area contributed by atoms with Crippen LogP contribution in [0.3, 0.4) is 0 Å². The first-order valence-electron chi connectivity index (χ1n) is 6.38. The third-order valence-electron chi connectivity index (χ3n) is 3.16. The van der Waals surface area contributed by atoms with Crippen molar-refractivity contribution in [3.05, 3.63) is 64.3 Å². The van der Waals surface area contributed by atoms with Gasteiger partial charge in [0.15, 0.2) is 0 Å². The van der Waals surface area contributed by atoms with Crippen LogP contribution in [0.2, 0.25) is 10.0 Å². The van der Waals surface area contributed by atoms with Crippen LogP contribution in [0.1, 0.15) is 5.56 Å². The van der Waals surface area contributed by atoms with Gasteiger partial charge in [-0.1, -0.05) is 29.3 Å². The Morgan fingerprint density at radius 2 is 1.90 bits per heavy atom. The zero-order valence-corrected chi connectivity index (χ0v) is 12.5. The summed E-state index contributed by atoms with van der Waals surface area (Å²) in [5.41, 5.74) is 7.29. The number of halogens is 2. The number of rotatable bonds is 3. The van der Waals surface area contributed by atoms with Gasteiger partial charge in [-0.2, -0.15) is 0 Å². The van der Waals surface area contributed by atoms with Crippen molar-refractivity contribution in [3.63, 3.8) is 0 Å². The molecule has 0 atom stereocenters. The quantitative estimate of drug-likeness (QED) is 0.755. The highest BCUT2D eigenvalue weighted by Crippen LogP contribution is 2.34. The zero-order chi connectivity index (χ0) is 14.8. The van der Waals surface area contributed by atoms with E-state index < -0.39 is 0 Å². The van der Waals surface area contributed by atoms with Crippen LogP contribution in [0.15, 0.2) is 48.7 Å². The van der Waals surface area contributed by atoms with Crippen molar-refractivity contribution in [3.8, 4) is 11.5 Å². The van der Waals surface area contributed by atoms with E-state index in [1.54, 1.807) is 30.5 Å². The van der Waals surface area contributed by atoms with Crippen LogP contribution in [0, 0.1) is 0 Å². The molecule has 0 radical (unpaired) electrons. The Bertz CT molecular complexity index is 805. The maximum atomic E-state index is 6.14. The number of hydrogen-bond acceptors (Lipinski definition) is 3. The van der Waals surface area contributed by atoms with Crippen LogP contribution in [0.25, 0.3) is 10.9 Å². The van der Waals surface area contributed by atoms with Crippen LogP contribution in [0.5, 0.6) is 11.5 Å². The molecule has 0 saturated heterocycles. The predicted octanol–water partition coefficient (Wildman–Crippen LogP) is 4.79. The third kappa shape index (κ3) is 2.81. The second kappa shape index (κ2) is 5.90. The number of benzene rings is 2. The Morgan fingerprint density at radius 1 is 1.05 bits per heavy atom. The lowest BCUT2D eigenvalue weighted by molar-refractivity contribution is 0.481. The van der Waals surface area contributed by atoms with Crippen molar-refractivity contribution in [1.82, 2.24) is 4.98 Å². The van der Waals surface area contributed by atoms with E-state index >= 15 is 0 Å². The summed E-state index contributed by atoms with van der Waals surface area (Å²) in [4.78, 5) is 4.29. The zero-order valence-electron chi connectivity index (χ0n) is 11.0. The Hall–Kier alpha value is -1.81. The van der Waals surface area contributed by atoms with Crippen LogP contribution < -0.4 is 10.5 Å². The van der Waals surface area contributed by atoms with Gasteiger partial charge in [0.1, 0.15) is 11.5 Å². The Kier molecular flexibility index (Phi) is 3.97. The van der Waals surface area contributed by atoms with Gasteiger partial charge in [0.2, 0.25) is 0 Å². The second-order valence-electron chi connectivity index (χ2n) is 4.49. The van der Waals surface area contributed by atoms with Crippen molar-refractivity contribution in [2.45, 2.75) is 6.54 Å². The summed E-state index contributed by atoms with van der Waals surface area (Å²) in [7, 11) is 0. The average Bonchev–Trinajstić information content (AvgIpc) is 2.47. The number of pyridine rings is 1. The summed E-state index contributed by atoms with van der Waals surface area (Å²) < 4.78 is 5.99. The van der Waals surface area contributed by atoms with E-state index in [0.29, 0.717) is 28.1 Å². The molecule has 0 unspecified atom stereocenters. The molecule has 0 spiro atoms. The highest BCUT2D eigenvalue weighted by atomic mass is 35.5. The molecule has 0 saturated carbocycles. The first-order valence-corrected chi connectivity index (χ1v) is 7.14. The molecule has 0 aliphatic rings. The van der Waals surface area contributed by atoms with E-state index in [1.165, 1.54) is 0 Å². The molecule has 0 aliphatic carbocycles. The Morgan fingerprint density at radius 3 is 2.71 bits per heavy atom. The standard InChI is InChI=1S/C16H12Cl2N2O/c17-10-4-5-11-14(8-10)20-7-6-16(11)21-15-3-1-2-13(18)12(15)9-19/h1-8H,9,19H2. The molecule has 2 N–H and O–H groups in total. The van der Waals surface area contributed by atoms with E-state index in [2.05, 4.69) is 4.98 Å². The minimum absolute atomic E-state index is 0.309. The summed E-state index contributed by atoms with van der Waals surface area (Å²) >= 11 is 12.1. The summed E-state index contributed by atoms with van der Waals surface area (Å²) in [5.74, 6) is 1.33. The highest BCUT2D eigenvalue weighted by Gasteiger charge is 2.10. The number of nitrogens with two attached hydrogens (primary N) is 1. The van der Waals surface area contributed by atoms with Crippen LogP contribution in [-0.2, 0) is 6.54 Å². The number of fused-ring (bicyclic) bond motifs is 1. The van der Waals surface area contributed by atoms with Gasteiger partial charge in [0.25, 0.3) is 0 Å². The molecule has 3 aromatic rings. The highest BCUT2D eigenvalue weighted by molar-refractivity contribution is 6.31. The van der Waals surface area contributed by atoms with Gasteiger partial charge in [-0.05, 0) is 36.4 Å². The average molecular weight is 319 g/mol. The van der Waals surface area contributed by atoms with Crippen molar-refractivity contribution < 1.29 is 4.74 Å². The maximum absolute atomic E-state index is 6.14. The topological polar surface area (TPSA) is 48.1 Å². The van der Waals surface area contributed by atoms with Crippen LogP contribution >= 0.6 is 23.2 Å². The first kappa shape index (κ1) is 14.1. The SMILES string of the molecule is NCc1c(Cl)cccc1Oc1ccnc2cc(Cl)ccc12. The second-order valence-corrected chi connectivity index (χ2v) is 5.34. The van der Waals surface area contributed by atoms with Crippen molar-refractivity contribution in [1.29, 1.82) is 0 Å². The molecule has 0 bridgehead atoms. The van der Waals surface area contributed by atoms with E-state index in [9.17, 15) is 0 Å². The molecule has 106 valence electrons. The molecule has 1 heterocycles. The summed E-state index contributed by atoms with van der Waals surface area (Å²) in [5, 5.41) is 2.11. The largest absolute Gasteiger partial charge is 0.456 e. The van der Waals surface area contributed by atoms with Crippen LogP contribution in [0.4, 0.5) is 0 Å². The van der Waals surface area contributed by atoms with Crippen molar-refractivity contribution in [2.24, 2.45) is 5.73 Å². The third-order valence-corrected chi connectivity index (χ3v) is 3.75. The van der Waals surface area contributed by atoms with Gasteiger partial charge < -0.3 is 10.5 Å².